The van der Waals surface area contributed by atoms with E-state index in [4.69, 9.17) is 21.2 Å². The molecule has 3 rings (SSSR count). The van der Waals surface area contributed by atoms with Crippen LogP contribution in [0.2, 0.25) is 0 Å². The zero-order valence-corrected chi connectivity index (χ0v) is 20.0. The lowest BCUT2D eigenvalue weighted by molar-refractivity contribution is -0.181. The summed E-state index contributed by atoms with van der Waals surface area (Å²) in [5.74, 6) is 1.55. The van der Waals surface area contributed by atoms with E-state index in [1.807, 2.05) is 5.32 Å². The monoisotopic (exact) mass is 535 g/mol. The number of carbonyl (C=O) groups excluding carboxylic acids is 3. The van der Waals surface area contributed by atoms with Gasteiger partial charge in [-0.05, 0) is 13.0 Å². The van der Waals surface area contributed by atoms with Crippen LogP contribution in [0.4, 0.5) is 22.4 Å². The van der Waals surface area contributed by atoms with Crippen LogP contribution in [0.25, 0.3) is 0 Å². The highest BCUT2D eigenvalue weighted by molar-refractivity contribution is 5.79. The molecule has 0 aromatic rings. The number of hydroxylamine groups is 2. The van der Waals surface area contributed by atoms with E-state index < -0.39 is 47.6 Å². The highest BCUT2D eigenvalue weighted by Gasteiger charge is 2.46. The summed E-state index contributed by atoms with van der Waals surface area (Å²) >= 11 is 0. The van der Waals surface area contributed by atoms with Crippen molar-refractivity contribution in [1.82, 2.24) is 25.6 Å². The quantitative estimate of drug-likeness (QED) is 0.193. The Hall–Kier alpha value is -3.53. The van der Waals surface area contributed by atoms with Crippen LogP contribution in [0.15, 0.2) is 35.3 Å². The fourth-order valence-corrected chi connectivity index (χ4v) is 4.23. The van der Waals surface area contributed by atoms with Crippen molar-refractivity contribution in [3.8, 4) is 0 Å². The molecule has 0 spiro atoms. The van der Waals surface area contributed by atoms with Gasteiger partial charge in [-0.3, -0.25) is 25.2 Å². The molecule has 0 aromatic heterocycles. The predicted molar refractivity (Wildman–Crippen MR) is 120 cm³/mol. The average Bonchev–Trinajstić information content (AvgIpc) is 3.06. The van der Waals surface area contributed by atoms with Crippen molar-refractivity contribution in [1.29, 1.82) is 0 Å². The smallest absolute Gasteiger partial charge is 0.411 e. The summed E-state index contributed by atoms with van der Waals surface area (Å²) in [6.45, 7) is 1.01. The van der Waals surface area contributed by atoms with Gasteiger partial charge < -0.3 is 26.1 Å². The maximum Gasteiger partial charge on any atom is 0.411 e. The number of hydrazine groups is 1. The van der Waals surface area contributed by atoms with Crippen LogP contribution >= 0.6 is 0 Å². The Kier molecular flexibility index (Phi) is 8.85. The number of carbonyl (C=O) groups is 3. The number of amides is 3. The van der Waals surface area contributed by atoms with E-state index in [9.17, 15) is 23.2 Å². The van der Waals surface area contributed by atoms with Gasteiger partial charge in [0.05, 0.1) is 43.9 Å². The molecule has 1 unspecified atom stereocenters. The first kappa shape index (κ1) is 28.0. The van der Waals surface area contributed by atoms with Gasteiger partial charge in [-0.1, -0.05) is 0 Å². The second-order valence-corrected chi connectivity index (χ2v) is 8.77. The molecule has 6 N–H and O–H groups in total. The van der Waals surface area contributed by atoms with Gasteiger partial charge in [0, 0.05) is 25.7 Å². The Morgan fingerprint density at radius 2 is 2.03 bits per heavy atom. The maximum atomic E-state index is 15.3. The summed E-state index contributed by atoms with van der Waals surface area (Å²) in [7, 11) is 0. The number of nitrogens with two attached hydrogens (primary N) is 2. The van der Waals surface area contributed by atoms with Crippen molar-refractivity contribution in [2.24, 2.45) is 11.6 Å². The molecule has 2 heterocycles. The molecule has 16 heteroatoms. The van der Waals surface area contributed by atoms with E-state index in [0.29, 0.717) is 0 Å². The van der Waals surface area contributed by atoms with Crippen LogP contribution in [0.3, 0.4) is 0 Å². The molecule has 0 aromatic carbocycles. The number of ether oxygens (including phenoxy) is 1. The van der Waals surface area contributed by atoms with Crippen molar-refractivity contribution in [3.05, 3.63) is 35.3 Å². The number of allylic oxidation sites excluding steroid dienone is 1. The standard InChI is InChI=1S/C21H29F4N7O5/c1-21(31-11-13(37-20(31)35)10-28-19(34)18(24)25)7-14(22)17(15(23)8-21)30-2-3-32(36-5-4-30)16(33)6-12(9-26)29-27/h7,9,13,18,29H,2-6,8,10-11,26-27H2,1H3,(H,28,34)/b12-9-/t13-,21?/m0/s1. The Morgan fingerprint density at radius 1 is 1.30 bits per heavy atom. The third kappa shape index (κ3) is 6.43. The van der Waals surface area contributed by atoms with Crippen molar-refractivity contribution in [2.45, 2.75) is 37.8 Å². The molecular weight excluding hydrogens is 506 g/mol. The molecule has 2 fully saturated rings. The maximum absolute atomic E-state index is 15.3. The van der Waals surface area contributed by atoms with E-state index >= 15 is 8.78 Å². The Balaban J connectivity index is 1.65. The minimum atomic E-state index is -3.23. The first-order valence-electron chi connectivity index (χ1n) is 11.4. The number of halogens is 4. The highest BCUT2D eigenvalue weighted by atomic mass is 19.3. The van der Waals surface area contributed by atoms with Gasteiger partial charge >= 0.3 is 12.5 Å². The average molecular weight is 535 g/mol. The topological polar surface area (TPSA) is 155 Å². The molecular formula is C21H29F4N7O5. The summed E-state index contributed by atoms with van der Waals surface area (Å²) in [4.78, 5) is 43.8. The number of nitrogens with zero attached hydrogens (tertiary/aromatic N) is 3. The van der Waals surface area contributed by atoms with Crippen LogP contribution < -0.4 is 22.3 Å². The predicted octanol–water partition coefficient (Wildman–Crippen LogP) is 0.115. The van der Waals surface area contributed by atoms with Crippen molar-refractivity contribution in [3.63, 3.8) is 0 Å². The van der Waals surface area contributed by atoms with E-state index in [1.165, 1.54) is 11.8 Å². The van der Waals surface area contributed by atoms with Crippen LogP contribution in [-0.2, 0) is 19.2 Å². The van der Waals surface area contributed by atoms with Crippen molar-refractivity contribution in [2.75, 3.05) is 39.3 Å². The summed E-state index contributed by atoms with van der Waals surface area (Å²) in [5.41, 5.74) is 6.17. The molecule has 3 aliphatic rings. The molecule has 3 amide bonds. The van der Waals surface area contributed by atoms with Crippen LogP contribution in [0, 0.1) is 0 Å². The van der Waals surface area contributed by atoms with Gasteiger partial charge in [-0.15, -0.1) is 0 Å². The second-order valence-electron chi connectivity index (χ2n) is 8.77. The lowest BCUT2D eigenvalue weighted by Gasteiger charge is -2.38. The fourth-order valence-electron chi connectivity index (χ4n) is 4.23. The van der Waals surface area contributed by atoms with Gasteiger partial charge in [0.1, 0.15) is 23.5 Å². The number of cyclic esters (lactones) is 1. The number of hydrogen-bond acceptors (Lipinski definition) is 9. The second kappa shape index (κ2) is 11.7. The summed E-state index contributed by atoms with van der Waals surface area (Å²) in [5, 5.41) is 3.02. The third-order valence-electron chi connectivity index (χ3n) is 6.13. The molecule has 37 heavy (non-hydrogen) atoms. The molecule has 0 radical (unpaired) electrons. The van der Waals surface area contributed by atoms with E-state index in [-0.39, 0.29) is 63.6 Å². The first-order chi connectivity index (χ1) is 17.5. The molecule has 0 bridgehead atoms. The van der Waals surface area contributed by atoms with Gasteiger partial charge in [0.25, 0.3) is 11.8 Å². The zero-order valence-electron chi connectivity index (χ0n) is 20.0. The number of rotatable bonds is 8. The Labute approximate surface area is 209 Å². The summed E-state index contributed by atoms with van der Waals surface area (Å²) < 4.78 is 60.4. The molecule has 1 aliphatic carbocycles. The lowest BCUT2D eigenvalue weighted by Crippen LogP contribution is -2.48. The number of nitrogens with one attached hydrogen (secondary N) is 2. The van der Waals surface area contributed by atoms with Gasteiger partial charge in [-0.25, -0.2) is 18.6 Å². The molecule has 2 aliphatic heterocycles. The minimum Gasteiger partial charge on any atom is -0.442 e. The Morgan fingerprint density at radius 3 is 2.65 bits per heavy atom. The molecule has 2 saturated heterocycles. The SMILES string of the molecule is CC1(N2C[C@H](CNC(=O)C(F)F)OC2=O)C=C(F)C(N2CCON(C(=O)C/C(=C/N)NN)CC2)=C(F)C1. The van der Waals surface area contributed by atoms with Gasteiger partial charge in [-0.2, -0.15) is 8.78 Å². The largest absolute Gasteiger partial charge is 0.442 e. The van der Waals surface area contributed by atoms with Crippen LogP contribution in [0.1, 0.15) is 19.8 Å². The molecule has 0 saturated carbocycles. The molecule has 2 atom stereocenters. The summed E-state index contributed by atoms with van der Waals surface area (Å²) in [6.07, 6.45) is -3.40. The van der Waals surface area contributed by atoms with Gasteiger partial charge in [0.15, 0.2) is 0 Å². The highest BCUT2D eigenvalue weighted by Crippen LogP contribution is 2.40. The number of alkyl halides is 2. The summed E-state index contributed by atoms with van der Waals surface area (Å²) in [6, 6.07) is 0. The normalized spacial score (nSPS) is 25.2. The first-order valence-corrected chi connectivity index (χ1v) is 11.4. The van der Waals surface area contributed by atoms with Crippen molar-refractivity contribution >= 4 is 17.9 Å². The van der Waals surface area contributed by atoms with E-state index in [0.717, 1.165) is 22.2 Å². The Bertz CT molecular complexity index is 1010. The zero-order chi connectivity index (χ0) is 27.3. The molecule has 206 valence electrons. The van der Waals surface area contributed by atoms with Crippen LogP contribution in [-0.4, -0.2) is 90.2 Å². The van der Waals surface area contributed by atoms with Crippen LogP contribution in [0.5, 0.6) is 0 Å². The lowest BCUT2D eigenvalue weighted by atomic mass is 9.88. The van der Waals surface area contributed by atoms with E-state index in [2.05, 4.69) is 5.43 Å². The van der Waals surface area contributed by atoms with Crippen molar-refractivity contribution < 1.29 is 41.5 Å². The third-order valence-corrected chi connectivity index (χ3v) is 6.13. The van der Waals surface area contributed by atoms with Gasteiger partial charge in [0.2, 0.25) is 0 Å². The molecule has 12 nitrogen and oxygen atoms in total. The van der Waals surface area contributed by atoms with E-state index in [1.54, 1.807) is 0 Å². The minimum absolute atomic E-state index is 0.00700. The fraction of sp³-hybridized carbons (Fsp3) is 0.571. The number of hydrogen-bond donors (Lipinski definition) is 4.